The lowest BCUT2D eigenvalue weighted by atomic mass is 10.2. The van der Waals surface area contributed by atoms with Crippen molar-refractivity contribution in [3.05, 3.63) is 66.2 Å². The maximum absolute atomic E-state index is 13.4. The predicted octanol–water partition coefficient (Wildman–Crippen LogP) is 6.82. The van der Waals surface area contributed by atoms with Crippen molar-refractivity contribution in [1.82, 2.24) is 0 Å². The van der Waals surface area contributed by atoms with E-state index >= 15 is 0 Å². The molecule has 2 aromatic rings. The van der Waals surface area contributed by atoms with Gasteiger partial charge in [-0.2, -0.15) is 17.6 Å². The second-order valence-corrected chi connectivity index (χ2v) is 8.65. The molecule has 2 aromatic carbocycles. The fourth-order valence-electron chi connectivity index (χ4n) is 2.34. The Labute approximate surface area is 178 Å². The van der Waals surface area contributed by atoms with Gasteiger partial charge < -0.3 is 14.4 Å². The van der Waals surface area contributed by atoms with Gasteiger partial charge >= 0.3 is 32.3 Å². The van der Waals surface area contributed by atoms with Crippen LogP contribution in [0, 0.1) is 0 Å². The van der Waals surface area contributed by atoms with Crippen molar-refractivity contribution in [2.45, 2.75) is 30.5 Å². The Balaban J connectivity index is 2.46. The van der Waals surface area contributed by atoms with Crippen molar-refractivity contribution in [1.29, 1.82) is 0 Å². The zero-order chi connectivity index (χ0) is 24.0. The molecule has 0 aromatic heterocycles. The third kappa shape index (κ3) is 6.91. The number of hydrogen-bond acceptors (Lipinski definition) is 4. The van der Waals surface area contributed by atoms with Crippen molar-refractivity contribution in [2.24, 2.45) is 0 Å². The summed E-state index contributed by atoms with van der Waals surface area (Å²) in [5.74, 6) is -11.4. The average molecular weight is 491 g/mol. The van der Waals surface area contributed by atoms with Gasteiger partial charge in [-0.3, -0.25) is 4.57 Å². The highest BCUT2D eigenvalue weighted by atomic mass is 31.2. The molecule has 0 aliphatic heterocycles. The highest BCUT2D eigenvalue weighted by molar-refractivity contribution is 7.54. The van der Waals surface area contributed by atoms with Gasteiger partial charge in [0.05, 0.1) is 0 Å². The molecule has 1 unspecified atom stereocenters. The van der Waals surface area contributed by atoms with Gasteiger partial charge in [0.15, 0.2) is 5.78 Å². The first-order valence-electron chi connectivity index (χ1n) is 8.95. The number of alkyl halides is 8. The molecule has 0 fully saturated rings. The van der Waals surface area contributed by atoms with E-state index in [2.05, 4.69) is 14.4 Å². The van der Waals surface area contributed by atoms with Gasteiger partial charge in [-0.25, -0.2) is 17.6 Å². The monoisotopic (exact) mass is 491 g/mol. The minimum Gasteiger partial charge on any atom is -0.368 e. The van der Waals surface area contributed by atoms with E-state index in [9.17, 15) is 39.7 Å². The second-order valence-electron chi connectivity index (χ2n) is 6.53. The van der Waals surface area contributed by atoms with Crippen LogP contribution in [0.1, 0.15) is 11.3 Å². The summed E-state index contributed by atoms with van der Waals surface area (Å²) in [5.41, 5.74) is 0.218. The van der Waals surface area contributed by atoms with E-state index in [1.54, 1.807) is 6.07 Å². The molecule has 178 valence electrons. The maximum Gasteiger partial charge on any atom is 0.357 e. The van der Waals surface area contributed by atoms with Gasteiger partial charge in [0, 0.05) is 5.69 Å². The van der Waals surface area contributed by atoms with Gasteiger partial charge in [0.2, 0.25) is 0 Å². The van der Waals surface area contributed by atoms with Crippen LogP contribution in [0.3, 0.4) is 0 Å². The molecule has 0 aliphatic carbocycles. The highest BCUT2D eigenvalue weighted by Gasteiger charge is 2.49. The Morgan fingerprint density at radius 3 is 1.56 bits per heavy atom. The molecule has 0 spiro atoms. The summed E-state index contributed by atoms with van der Waals surface area (Å²) in [6.45, 7) is -4.33. The van der Waals surface area contributed by atoms with Crippen molar-refractivity contribution >= 4 is 13.3 Å². The molecular formula is C19H18F8NO3P. The average Bonchev–Trinajstić information content (AvgIpc) is 2.76. The molecule has 1 N–H and O–H groups in total. The van der Waals surface area contributed by atoms with Gasteiger partial charge in [-0.15, -0.1) is 0 Å². The number of para-hydroxylation sites is 1. The largest absolute Gasteiger partial charge is 0.368 e. The van der Waals surface area contributed by atoms with Crippen LogP contribution >= 0.6 is 7.60 Å². The summed E-state index contributed by atoms with van der Waals surface area (Å²) in [5, 5.41) is 2.59. The molecule has 0 radical (unpaired) electrons. The van der Waals surface area contributed by atoms with E-state index in [0.717, 1.165) is 0 Å². The van der Waals surface area contributed by atoms with Gasteiger partial charge in [-0.1, -0.05) is 48.5 Å². The number of nitrogens with one attached hydrogen (secondary N) is 1. The lowest BCUT2D eigenvalue weighted by Crippen LogP contribution is -2.35. The standard InChI is InChI=1S/C19H18F8NO3P/c20-16(21)18(24,25)11-30-32(29,31-12-19(26,27)17(22)23)15(13-7-3-1-4-8-13)28-14-9-5-2-6-10-14/h1-10,15-17,28H,11-12H2. The first kappa shape index (κ1) is 26.1. The smallest absolute Gasteiger partial charge is 0.357 e. The Morgan fingerprint density at radius 2 is 1.16 bits per heavy atom. The third-order valence-electron chi connectivity index (χ3n) is 4.02. The Hall–Kier alpha value is -2.17. The van der Waals surface area contributed by atoms with Crippen LogP contribution in [0.25, 0.3) is 0 Å². The van der Waals surface area contributed by atoms with E-state index < -0.39 is 51.3 Å². The van der Waals surface area contributed by atoms with Crippen LogP contribution in [0.2, 0.25) is 0 Å². The summed E-state index contributed by atoms with van der Waals surface area (Å²) in [4.78, 5) is 0. The van der Waals surface area contributed by atoms with E-state index in [-0.39, 0.29) is 11.3 Å². The van der Waals surface area contributed by atoms with Gasteiger partial charge in [-0.05, 0) is 17.7 Å². The molecular weight excluding hydrogens is 473 g/mol. The Kier molecular flexibility index (Phi) is 8.67. The molecule has 0 saturated carbocycles. The number of benzene rings is 2. The minimum absolute atomic E-state index is 0.0143. The van der Waals surface area contributed by atoms with Gasteiger partial charge in [0.25, 0.3) is 0 Å². The summed E-state index contributed by atoms with van der Waals surface area (Å²) in [6.07, 6.45) is -8.45. The minimum atomic E-state index is -5.23. The molecule has 0 aliphatic rings. The van der Waals surface area contributed by atoms with Crippen molar-refractivity contribution in [3.8, 4) is 0 Å². The molecule has 4 nitrogen and oxygen atoms in total. The molecule has 0 heterocycles. The molecule has 32 heavy (non-hydrogen) atoms. The molecule has 2 rings (SSSR count). The van der Waals surface area contributed by atoms with E-state index in [1.807, 2.05) is 0 Å². The zero-order valence-corrected chi connectivity index (χ0v) is 17.0. The number of rotatable bonds is 12. The normalized spacial score (nSPS) is 14.1. The fourth-order valence-corrected chi connectivity index (χ4v) is 4.26. The molecule has 1 atom stereocenters. The highest BCUT2D eigenvalue weighted by Crippen LogP contribution is 2.62. The van der Waals surface area contributed by atoms with Gasteiger partial charge in [0.1, 0.15) is 13.2 Å². The summed E-state index contributed by atoms with van der Waals surface area (Å²) in [6, 6.07) is 14.5. The zero-order valence-electron chi connectivity index (χ0n) is 16.1. The van der Waals surface area contributed by atoms with Crippen LogP contribution in [-0.4, -0.2) is 37.9 Å². The number of anilines is 1. The number of hydrogen-bond donors (Lipinski definition) is 1. The molecule has 0 saturated heterocycles. The quantitative estimate of drug-likeness (QED) is 0.261. The maximum atomic E-state index is 13.4. The van der Waals surface area contributed by atoms with E-state index in [0.29, 0.717) is 0 Å². The topological polar surface area (TPSA) is 47.6 Å². The third-order valence-corrected chi connectivity index (χ3v) is 6.06. The van der Waals surface area contributed by atoms with Crippen LogP contribution in [0.15, 0.2) is 60.7 Å². The summed E-state index contributed by atoms with van der Waals surface area (Å²) < 4.78 is 126. The van der Waals surface area contributed by atoms with Crippen molar-refractivity contribution < 1.29 is 48.7 Å². The predicted molar refractivity (Wildman–Crippen MR) is 101 cm³/mol. The summed E-state index contributed by atoms with van der Waals surface area (Å²) in [7, 11) is -5.23. The molecule has 0 bridgehead atoms. The fraction of sp³-hybridized carbons (Fsp3) is 0.368. The first-order chi connectivity index (χ1) is 14.9. The SMILES string of the molecule is O=P(OCC(F)(F)C(F)F)(OCC(F)(F)C(F)F)C(Nc1ccccc1)c1ccccc1. The Bertz CT molecular complexity index is 859. The van der Waals surface area contributed by atoms with Crippen molar-refractivity contribution in [2.75, 3.05) is 18.5 Å². The summed E-state index contributed by atoms with van der Waals surface area (Å²) >= 11 is 0. The lowest BCUT2D eigenvalue weighted by Gasteiger charge is -2.31. The Morgan fingerprint density at radius 1 is 0.750 bits per heavy atom. The molecule has 13 heteroatoms. The molecule has 0 amide bonds. The van der Waals surface area contributed by atoms with Crippen LogP contribution in [0.4, 0.5) is 40.8 Å². The van der Waals surface area contributed by atoms with Crippen LogP contribution in [0.5, 0.6) is 0 Å². The van der Waals surface area contributed by atoms with E-state index in [4.69, 9.17) is 0 Å². The number of halogens is 8. The first-order valence-corrected chi connectivity index (χ1v) is 10.6. The van der Waals surface area contributed by atoms with Crippen LogP contribution in [-0.2, 0) is 13.6 Å². The van der Waals surface area contributed by atoms with Crippen LogP contribution < -0.4 is 5.32 Å². The lowest BCUT2D eigenvalue weighted by molar-refractivity contribution is -0.158. The van der Waals surface area contributed by atoms with Crippen molar-refractivity contribution in [3.63, 3.8) is 0 Å². The van der Waals surface area contributed by atoms with E-state index in [1.165, 1.54) is 54.6 Å². The second kappa shape index (κ2) is 10.6.